The molecule has 0 atom stereocenters. The van der Waals surface area contributed by atoms with Crippen molar-refractivity contribution in [3.8, 4) is 16.4 Å². The monoisotopic (exact) mass is 497 g/mol. The Morgan fingerprint density at radius 2 is 1.82 bits per heavy atom. The highest BCUT2D eigenvalue weighted by Gasteiger charge is 2.20. The van der Waals surface area contributed by atoms with E-state index in [4.69, 9.17) is 11.6 Å². The minimum absolute atomic E-state index is 0.0869. The quantitative estimate of drug-likeness (QED) is 0.352. The number of thioether (sulfide) groups is 1. The third-order valence-electron chi connectivity index (χ3n) is 4.67. The molecule has 7 nitrogen and oxygen atoms in total. The number of carbonyl (C=O) groups excluding carboxylic acids is 2. The Balaban J connectivity index is 1.43. The molecule has 0 aliphatic carbocycles. The van der Waals surface area contributed by atoms with Crippen LogP contribution in [0.2, 0.25) is 5.02 Å². The number of halogens is 1. The van der Waals surface area contributed by atoms with Crippen molar-refractivity contribution in [3.63, 3.8) is 0 Å². The zero-order valence-electron chi connectivity index (χ0n) is 17.6. The normalized spacial score (nSPS) is 10.7. The van der Waals surface area contributed by atoms with E-state index in [0.29, 0.717) is 15.9 Å². The van der Waals surface area contributed by atoms with Crippen LogP contribution in [0.3, 0.4) is 0 Å². The van der Waals surface area contributed by atoms with Gasteiger partial charge in [0.05, 0.1) is 27.9 Å². The minimum atomic E-state index is -0.323. The van der Waals surface area contributed by atoms with E-state index in [2.05, 4.69) is 15.5 Å². The van der Waals surface area contributed by atoms with Gasteiger partial charge in [-0.15, -0.1) is 21.5 Å². The van der Waals surface area contributed by atoms with E-state index in [9.17, 15) is 9.59 Å². The number of anilines is 1. The lowest BCUT2D eigenvalue weighted by atomic mass is 10.3. The number of amides is 2. The average Bonchev–Trinajstić information content (AvgIpc) is 3.49. The van der Waals surface area contributed by atoms with E-state index in [0.717, 1.165) is 16.4 Å². The van der Waals surface area contributed by atoms with Gasteiger partial charge in [0.15, 0.2) is 11.0 Å². The maximum Gasteiger partial charge on any atom is 0.244 e. The van der Waals surface area contributed by atoms with Gasteiger partial charge in [0.2, 0.25) is 11.8 Å². The van der Waals surface area contributed by atoms with Crippen LogP contribution in [-0.4, -0.2) is 50.8 Å². The topological polar surface area (TPSA) is 80.1 Å². The van der Waals surface area contributed by atoms with Gasteiger partial charge in [0, 0.05) is 12.7 Å². The first-order chi connectivity index (χ1) is 16.0. The lowest BCUT2D eigenvalue weighted by molar-refractivity contribution is -0.131. The van der Waals surface area contributed by atoms with Crippen molar-refractivity contribution in [2.24, 2.45) is 0 Å². The van der Waals surface area contributed by atoms with Crippen molar-refractivity contribution in [2.75, 3.05) is 24.7 Å². The average molecular weight is 498 g/mol. The van der Waals surface area contributed by atoms with Crippen LogP contribution in [0.1, 0.15) is 0 Å². The van der Waals surface area contributed by atoms with Gasteiger partial charge in [-0.1, -0.05) is 59.8 Å². The van der Waals surface area contributed by atoms with Gasteiger partial charge in [0.25, 0.3) is 0 Å². The number of carbonyl (C=O) groups is 2. The molecular formula is C23H20ClN5O2S2. The molecule has 2 heterocycles. The molecule has 0 aliphatic rings. The molecular weight excluding hydrogens is 478 g/mol. The fourth-order valence-electron chi connectivity index (χ4n) is 3.03. The van der Waals surface area contributed by atoms with Gasteiger partial charge in [-0.2, -0.15) is 0 Å². The predicted octanol–water partition coefficient (Wildman–Crippen LogP) is 4.84. The summed E-state index contributed by atoms with van der Waals surface area (Å²) in [6, 6.07) is 20.7. The van der Waals surface area contributed by atoms with Crippen LogP contribution in [0.15, 0.2) is 77.3 Å². The van der Waals surface area contributed by atoms with E-state index >= 15 is 0 Å². The number of thiophene rings is 1. The van der Waals surface area contributed by atoms with E-state index in [1.54, 1.807) is 42.6 Å². The smallest absolute Gasteiger partial charge is 0.244 e. The summed E-state index contributed by atoms with van der Waals surface area (Å²) in [6.45, 7) is -0.0869. The predicted molar refractivity (Wildman–Crippen MR) is 133 cm³/mol. The highest BCUT2D eigenvalue weighted by Crippen LogP contribution is 2.30. The van der Waals surface area contributed by atoms with Gasteiger partial charge < -0.3 is 10.2 Å². The molecule has 2 amide bonds. The molecule has 4 rings (SSSR count). The van der Waals surface area contributed by atoms with E-state index in [1.807, 2.05) is 52.4 Å². The molecule has 0 radical (unpaired) electrons. The first-order valence-electron chi connectivity index (χ1n) is 9.99. The van der Waals surface area contributed by atoms with Crippen LogP contribution in [0.5, 0.6) is 0 Å². The lowest BCUT2D eigenvalue weighted by Gasteiger charge is -2.17. The molecule has 0 fully saturated rings. The highest BCUT2D eigenvalue weighted by molar-refractivity contribution is 7.99. The van der Waals surface area contributed by atoms with Crippen LogP contribution < -0.4 is 5.32 Å². The largest absolute Gasteiger partial charge is 0.336 e. The van der Waals surface area contributed by atoms with Crippen molar-refractivity contribution in [2.45, 2.75) is 5.16 Å². The van der Waals surface area contributed by atoms with E-state index < -0.39 is 0 Å². The highest BCUT2D eigenvalue weighted by atomic mass is 35.5. The Bertz CT molecular complexity index is 1240. The number of nitrogens with one attached hydrogen (secondary N) is 1. The number of likely N-dealkylation sites (N-methyl/N-ethyl adjacent to an activating group) is 1. The van der Waals surface area contributed by atoms with Gasteiger partial charge in [0.1, 0.15) is 0 Å². The molecule has 0 saturated heterocycles. The third kappa shape index (κ3) is 5.62. The Hall–Kier alpha value is -3.14. The number of para-hydroxylation sites is 2. The van der Waals surface area contributed by atoms with E-state index in [1.165, 1.54) is 16.7 Å². The number of rotatable bonds is 8. The van der Waals surface area contributed by atoms with Crippen molar-refractivity contribution < 1.29 is 9.59 Å². The summed E-state index contributed by atoms with van der Waals surface area (Å²) in [5.74, 6) is 0.315. The molecule has 2 aromatic carbocycles. The van der Waals surface area contributed by atoms with Gasteiger partial charge in [-0.25, -0.2) is 0 Å². The molecule has 1 N–H and O–H groups in total. The second-order valence-corrected chi connectivity index (χ2v) is 9.32. The van der Waals surface area contributed by atoms with Crippen LogP contribution >= 0.6 is 34.7 Å². The second kappa shape index (κ2) is 10.7. The molecule has 0 unspecified atom stereocenters. The van der Waals surface area contributed by atoms with Crippen LogP contribution in [0.25, 0.3) is 16.4 Å². The Kier molecular flexibility index (Phi) is 7.43. The summed E-state index contributed by atoms with van der Waals surface area (Å²) in [4.78, 5) is 27.4. The number of hydrogen-bond donors (Lipinski definition) is 1. The maximum atomic E-state index is 12.7. The van der Waals surface area contributed by atoms with Crippen molar-refractivity contribution in [1.29, 1.82) is 0 Å². The summed E-state index contributed by atoms with van der Waals surface area (Å²) in [5.41, 5.74) is 1.42. The molecule has 33 heavy (non-hydrogen) atoms. The SMILES string of the molecule is CN(CC(=O)Nc1ccccc1Cl)C(=O)CSc1nnc(-c2cccs2)n1-c1ccccc1. The fraction of sp³-hybridized carbons (Fsp3) is 0.130. The van der Waals surface area contributed by atoms with Gasteiger partial charge in [-0.3, -0.25) is 14.2 Å². The Labute approximate surface area is 204 Å². The maximum absolute atomic E-state index is 12.7. The minimum Gasteiger partial charge on any atom is -0.336 e. The number of hydrogen-bond acceptors (Lipinski definition) is 6. The zero-order chi connectivity index (χ0) is 23.2. The van der Waals surface area contributed by atoms with Crippen molar-refractivity contribution in [1.82, 2.24) is 19.7 Å². The molecule has 0 bridgehead atoms. The Morgan fingerprint density at radius 1 is 1.06 bits per heavy atom. The van der Waals surface area contributed by atoms with Crippen LogP contribution in [-0.2, 0) is 9.59 Å². The molecule has 2 aromatic heterocycles. The number of nitrogens with zero attached hydrogens (tertiary/aromatic N) is 4. The van der Waals surface area contributed by atoms with Gasteiger partial charge >= 0.3 is 0 Å². The first-order valence-corrected chi connectivity index (χ1v) is 12.2. The molecule has 0 aliphatic heterocycles. The van der Waals surface area contributed by atoms with E-state index in [-0.39, 0.29) is 24.1 Å². The van der Waals surface area contributed by atoms with Gasteiger partial charge in [-0.05, 0) is 35.7 Å². The summed E-state index contributed by atoms with van der Waals surface area (Å²) in [6.07, 6.45) is 0. The molecule has 0 spiro atoms. The van der Waals surface area contributed by atoms with Crippen molar-refractivity contribution in [3.05, 3.63) is 77.1 Å². The summed E-state index contributed by atoms with van der Waals surface area (Å²) in [5, 5.41) is 14.4. The fourth-order valence-corrected chi connectivity index (χ4v) is 4.80. The van der Waals surface area contributed by atoms with Crippen LogP contribution in [0, 0.1) is 0 Å². The number of benzene rings is 2. The summed E-state index contributed by atoms with van der Waals surface area (Å²) < 4.78 is 1.94. The standard InChI is InChI=1S/C23H20ClN5O2S2/c1-28(14-20(30)25-18-11-6-5-10-17(18)24)21(31)15-33-23-27-26-22(19-12-7-13-32-19)29(23)16-8-3-2-4-9-16/h2-13H,14-15H2,1H3,(H,25,30). The second-order valence-electron chi connectivity index (χ2n) is 7.02. The summed E-state index contributed by atoms with van der Waals surface area (Å²) >= 11 is 8.93. The molecule has 0 saturated carbocycles. The molecule has 10 heteroatoms. The van der Waals surface area contributed by atoms with Crippen molar-refractivity contribution >= 4 is 52.2 Å². The van der Waals surface area contributed by atoms with Crippen LogP contribution in [0.4, 0.5) is 5.69 Å². The summed E-state index contributed by atoms with van der Waals surface area (Å²) in [7, 11) is 1.59. The lowest BCUT2D eigenvalue weighted by Crippen LogP contribution is -2.36. The molecule has 4 aromatic rings. The Morgan fingerprint density at radius 3 is 2.55 bits per heavy atom. The first kappa shape index (κ1) is 23.0. The molecule has 168 valence electrons. The number of aromatic nitrogens is 3. The third-order valence-corrected chi connectivity index (χ3v) is 6.78. The zero-order valence-corrected chi connectivity index (χ0v) is 20.0.